The van der Waals surface area contributed by atoms with Crippen LogP contribution in [0.1, 0.15) is 54.1 Å². The molecule has 0 saturated carbocycles. The van der Waals surface area contributed by atoms with Crippen LogP contribution >= 0.6 is 11.3 Å². The molecule has 3 rings (SSSR count). The summed E-state index contributed by atoms with van der Waals surface area (Å²) in [4.78, 5) is 16.9. The Morgan fingerprint density at radius 3 is 2.37 bits per heavy atom. The SMILES string of the molecule is CCO[C@@H](Cc1ccc(O[C@@H](C)c2sc(-c3ccc(C(F)(F)F)cc3)nc2C)cc1CC)C(=O)O. The maximum absolute atomic E-state index is 12.9. The van der Waals surface area contributed by atoms with E-state index in [2.05, 4.69) is 4.98 Å². The monoisotopic (exact) mass is 507 g/mol. The second kappa shape index (κ2) is 11.2. The number of aliphatic carboxylic acids is 1. The van der Waals surface area contributed by atoms with Gasteiger partial charge in [0.25, 0.3) is 0 Å². The van der Waals surface area contributed by atoms with E-state index in [1.165, 1.54) is 23.5 Å². The van der Waals surface area contributed by atoms with E-state index in [4.69, 9.17) is 9.47 Å². The number of carbonyl (C=O) groups is 1. The van der Waals surface area contributed by atoms with Gasteiger partial charge in [-0.05, 0) is 62.6 Å². The topological polar surface area (TPSA) is 68.7 Å². The third-order valence-electron chi connectivity index (χ3n) is 5.58. The van der Waals surface area contributed by atoms with Crippen molar-refractivity contribution in [3.8, 4) is 16.3 Å². The molecule has 5 nitrogen and oxygen atoms in total. The lowest BCUT2D eigenvalue weighted by Gasteiger charge is -2.18. The lowest BCUT2D eigenvalue weighted by atomic mass is 9.99. The van der Waals surface area contributed by atoms with E-state index in [1.807, 2.05) is 39.0 Å². The first-order valence-corrected chi connectivity index (χ1v) is 12.1. The molecule has 0 bridgehead atoms. The molecule has 0 spiro atoms. The molecule has 188 valence electrons. The number of rotatable bonds is 10. The van der Waals surface area contributed by atoms with E-state index in [9.17, 15) is 23.1 Å². The highest BCUT2D eigenvalue weighted by molar-refractivity contribution is 7.15. The van der Waals surface area contributed by atoms with Gasteiger partial charge in [0.2, 0.25) is 0 Å². The Hall–Kier alpha value is -2.91. The standard InChI is InChI=1S/C26H28F3NO4S/c1-5-17-13-21(12-9-19(17)14-22(25(31)32)33-6-2)34-16(4)23-15(3)30-24(35-23)18-7-10-20(11-8-18)26(27,28)29/h7-13,16,22H,5-6,14H2,1-4H3,(H,31,32)/t16-,22-/m0/s1. The highest BCUT2D eigenvalue weighted by atomic mass is 32.1. The maximum atomic E-state index is 12.9. The highest BCUT2D eigenvalue weighted by Gasteiger charge is 2.30. The zero-order valence-corrected chi connectivity index (χ0v) is 20.8. The van der Waals surface area contributed by atoms with Gasteiger partial charge < -0.3 is 14.6 Å². The summed E-state index contributed by atoms with van der Waals surface area (Å²) in [6.07, 6.45) is -4.64. The van der Waals surface area contributed by atoms with Gasteiger partial charge >= 0.3 is 12.1 Å². The van der Waals surface area contributed by atoms with E-state index in [0.717, 1.165) is 33.8 Å². The number of alkyl halides is 3. The van der Waals surface area contributed by atoms with Gasteiger partial charge in [-0.2, -0.15) is 13.2 Å². The summed E-state index contributed by atoms with van der Waals surface area (Å²) in [5.74, 6) is -0.349. The number of aryl methyl sites for hydroxylation is 2. The number of halogens is 3. The number of aromatic nitrogens is 1. The predicted molar refractivity (Wildman–Crippen MR) is 129 cm³/mol. The van der Waals surface area contributed by atoms with E-state index in [1.54, 1.807) is 6.92 Å². The van der Waals surface area contributed by atoms with Crippen molar-refractivity contribution >= 4 is 17.3 Å². The van der Waals surface area contributed by atoms with Crippen LogP contribution in [0.4, 0.5) is 13.2 Å². The van der Waals surface area contributed by atoms with Gasteiger partial charge in [0.1, 0.15) is 16.9 Å². The minimum atomic E-state index is -4.38. The summed E-state index contributed by atoms with van der Waals surface area (Å²) >= 11 is 1.38. The second-order valence-corrected chi connectivity index (χ2v) is 9.10. The van der Waals surface area contributed by atoms with Crippen LogP contribution in [0.5, 0.6) is 5.75 Å². The molecule has 35 heavy (non-hydrogen) atoms. The van der Waals surface area contributed by atoms with Crippen LogP contribution < -0.4 is 4.74 Å². The van der Waals surface area contributed by atoms with Crippen LogP contribution in [-0.4, -0.2) is 28.8 Å². The van der Waals surface area contributed by atoms with Crippen molar-refractivity contribution in [2.75, 3.05) is 6.61 Å². The van der Waals surface area contributed by atoms with Crippen molar-refractivity contribution < 1.29 is 32.5 Å². The molecule has 9 heteroatoms. The molecule has 0 aliphatic heterocycles. The van der Waals surface area contributed by atoms with Crippen LogP contribution in [0.25, 0.3) is 10.6 Å². The van der Waals surface area contributed by atoms with E-state index >= 15 is 0 Å². The first-order chi connectivity index (χ1) is 16.5. The van der Waals surface area contributed by atoms with Gasteiger partial charge in [-0.3, -0.25) is 0 Å². The average molecular weight is 508 g/mol. The molecule has 0 aliphatic rings. The molecule has 0 radical (unpaired) electrons. The van der Waals surface area contributed by atoms with Crippen LogP contribution in [0, 0.1) is 6.92 Å². The summed E-state index contributed by atoms with van der Waals surface area (Å²) in [5.41, 5.74) is 2.55. The Morgan fingerprint density at radius 1 is 1.11 bits per heavy atom. The van der Waals surface area contributed by atoms with Crippen LogP contribution in [0.15, 0.2) is 42.5 Å². The fraction of sp³-hybridized carbons (Fsp3) is 0.385. The summed E-state index contributed by atoms with van der Waals surface area (Å²) in [7, 11) is 0. The van der Waals surface area contributed by atoms with Gasteiger partial charge in [-0.1, -0.05) is 25.1 Å². The Morgan fingerprint density at radius 2 is 1.80 bits per heavy atom. The molecule has 0 fully saturated rings. The molecule has 2 aromatic carbocycles. The quantitative estimate of drug-likeness (QED) is 0.324. The number of nitrogens with zero attached hydrogens (tertiary/aromatic N) is 1. The van der Waals surface area contributed by atoms with Gasteiger partial charge in [-0.15, -0.1) is 11.3 Å². The van der Waals surface area contributed by atoms with Gasteiger partial charge in [0.15, 0.2) is 6.10 Å². The Kier molecular flexibility index (Phi) is 8.56. The van der Waals surface area contributed by atoms with E-state index < -0.39 is 23.8 Å². The van der Waals surface area contributed by atoms with Crippen LogP contribution in [0.3, 0.4) is 0 Å². The van der Waals surface area contributed by atoms with Crippen LogP contribution in [-0.2, 0) is 28.5 Å². The lowest BCUT2D eigenvalue weighted by molar-refractivity contribution is -0.150. The molecular formula is C26H28F3NO4S. The molecular weight excluding hydrogens is 479 g/mol. The van der Waals surface area contributed by atoms with Gasteiger partial charge in [0.05, 0.1) is 16.1 Å². The number of ether oxygens (including phenoxy) is 2. The largest absolute Gasteiger partial charge is 0.485 e. The fourth-order valence-electron chi connectivity index (χ4n) is 3.79. The Bertz CT molecular complexity index is 1160. The number of benzene rings is 2. The molecule has 1 heterocycles. The molecule has 0 saturated heterocycles. The van der Waals surface area contributed by atoms with Crippen molar-refractivity contribution in [3.63, 3.8) is 0 Å². The zero-order valence-electron chi connectivity index (χ0n) is 20.0. The van der Waals surface area contributed by atoms with Crippen molar-refractivity contribution in [1.29, 1.82) is 0 Å². The number of carboxylic acid groups (broad SMARTS) is 1. The lowest BCUT2D eigenvalue weighted by Crippen LogP contribution is -2.26. The Labute approximate surface area is 206 Å². The molecule has 1 aromatic heterocycles. The van der Waals surface area contributed by atoms with Crippen molar-refractivity contribution in [3.05, 3.63) is 69.7 Å². The third-order valence-corrected chi connectivity index (χ3v) is 6.95. The van der Waals surface area contributed by atoms with Crippen LogP contribution in [0.2, 0.25) is 0 Å². The smallest absolute Gasteiger partial charge is 0.416 e. The zero-order chi connectivity index (χ0) is 25.8. The Balaban J connectivity index is 1.77. The highest BCUT2D eigenvalue weighted by Crippen LogP contribution is 2.36. The summed E-state index contributed by atoms with van der Waals surface area (Å²) in [6, 6.07) is 10.5. The van der Waals surface area contributed by atoms with E-state index in [-0.39, 0.29) is 12.5 Å². The molecule has 0 aliphatic carbocycles. The second-order valence-electron chi connectivity index (χ2n) is 8.07. The molecule has 2 atom stereocenters. The summed E-state index contributed by atoms with van der Waals surface area (Å²) in [6.45, 7) is 7.82. The summed E-state index contributed by atoms with van der Waals surface area (Å²) < 4.78 is 50.1. The first-order valence-electron chi connectivity index (χ1n) is 11.3. The van der Waals surface area contributed by atoms with Gasteiger partial charge in [0, 0.05) is 18.6 Å². The number of hydrogen-bond donors (Lipinski definition) is 1. The minimum Gasteiger partial charge on any atom is -0.485 e. The van der Waals surface area contributed by atoms with Gasteiger partial charge in [-0.25, -0.2) is 9.78 Å². The maximum Gasteiger partial charge on any atom is 0.416 e. The molecule has 0 amide bonds. The molecule has 1 N–H and O–H groups in total. The first kappa shape index (κ1) is 26.7. The van der Waals surface area contributed by atoms with Crippen molar-refractivity contribution in [2.24, 2.45) is 0 Å². The van der Waals surface area contributed by atoms with Crippen molar-refractivity contribution in [2.45, 2.75) is 58.9 Å². The van der Waals surface area contributed by atoms with Crippen molar-refractivity contribution in [1.82, 2.24) is 4.98 Å². The third kappa shape index (κ3) is 6.61. The summed E-state index contributed by atoms with van der Waals surface area (Å²) in [5, 5.41) is 10.0. The predicted octanol–water partition coefficient (Wildman–Crippen LogP) is 6.87. The number of hydrogen-bond acceptors (Lipinski definition) is 5. The molecule has 3 aromatic rings. The number of carboxylic acids is 1. The fourth-order valence-corrected chi connectivity index (χ4v) is 4.84. The average Bonchev–Trinajstić information content (AvgIpc) is 3.20. The number of thiazole rings is 1. The normalized spacial score (nSPS) is 13.5. The van der Waals surface area contributed by atoms with E-state index in [0.29, 0.717) is 29.3 Å². The minimum absolute atomic E-state index is 0.270. The molecule has 0 unspecified atom stereocenters.